The lowest BCUT2D eigenvalue weighted by atomic mass is 9.75. The highest BCUT2D eigenvalue weighted by atomic mass is 14.7. The Hall–Kier alpha value is -1.41. The first-order chi connectivity index (χ1) is 8.75. The Labute approximate surface area is 108 Å². The van der Waals surface area contributed by atoms with E-state index in [1.165, 1.54) is 29.2 Å². The van der Waals surface area contributed by atoms with E-state index in [1.54, 1.807) is 0 Å². The molecule has 2 N–H and O–H groups in total. The maximum atomic E-state index is 6.34. The van der Waals surface area contributed by atoms with Gasteiger partial charge < -0.3 is 5.73 Å². The molecule has 0 spiro atoms. The quantitative estimate of drug-likeness (QED) is 0.829. The van der Waals surface area contributed by atoms with Crippen molar-refractivity contribution in [1.29, 1.82) is 0 Å². The third kappa shape index (κ3) is 2.01. The number of benzene rings is 1. The highest BCUT2D eigenvalue weighted by molar-refractivity contribution is 5.85. The summed E-state index contributed by atoms with van der Waals surface area (Å²) in [7, 11) is 0. The van der Waals surface area contributed by atoms with Crippen LogP contribution in [-0.4, -0.2) is 11.0 Å². The van der Waals surface area contributed by atoms with Crippen LogP contribution >= 0.6 is 0 Å². The van der Waals surface area contributed by atoms with Crippen molar-refractivity contribution >= 4 is 10.8 Å². The maximum absolute atomic E-state index is 6.34. The summed E-state index contributed by atoms with van der Waals surface area (Å²) in [5.74, 6) is 1.27. The second-order valence-electron chi connectivity index (χ2n) is 5.63. The molecule has 0 aliphatic heterocycles. The number of pyridine rings is 1. The summed E-state index contributed by atoms with van der Waals surface area (Å²) < 4.78 is 0. The molecule has 1 aromatic heterocycles. The van der Waals surface area contributed by atoms with Crippen molar-refractivity contribution in [2.75, 3.05) is 0 Å². The number of aromatic nitrogens is 1. The Kier molecular flexibility index (Phi) is 3.04. The van der Waals surface area contributed by atoms with Gasteiger partial charge in [0.1, 0.15) is 0 Å². The summed E-state index contributed by atoms with van der Waals surface area (Å²) >= 11 is 0. The Bertz CT molecular complexity index is 544. The van der Waals surface area contributed by atoms with Crippen LogP contribution in [0.2, 0.25) is 0 Å². The molecule has 1 heterocycles. The lowest BCUT2D eigenvalue weighted by molar-refractivity contribution is 0.307. The van der Waals surface area contributed by atoms with Crippen molar-refractivity contribution in [3.63, 3.8) is 0 Å². The molecule has 2 nitrogen and oxygen atoms in total. The zero-order valence-corrected chi connectivity index (χ0v) is 10.8. The largest absolute Gasteiger partial charge is 0.327 e. The van der Waals surface area contributed by atoms with Crippen LogP contribution in [0.1, 0.15) is 37.7 Å². The molecule has 1 aliphatic carbocycles. The van der Waals surface area contributed by atoms with Crippen molar-refractivity contribution < 1.29 is 0 Å². The molecule has 0 radical (unpaired) electrons. The summed E-state index contributed by atoms with van der Waals surface area (Å²) in [5, 5.41) is 2.54. The van der Waals surface area contributed by atoms with Crippen molar-refractivity contribution in [2.24, 2.45) is 11.7 Å². The normalized spacial score (nSPS) is 28.4. The smallest absolute Gasteiger partial charge is 0.0349 e. The van der Waals surface area contributed by atoms with Crippen LogP contribution in [0, 0.1) is 5.92 Å². The van der Waals surface area contributed by atoms with Crippen LogP contribution in [0.5, 0.6) is 0 Å². The summed E-state index contributed by atoms with van der Waals surface area (Å²) in [5.41, 5.74) is 7.73. The van der Waals surface area contributed by atoms with E-state index >= 15 is 0 Å². The number of hydrogen-bond acceptors (Lipinski definition) is 2. The van der Waals surface area contributed by atoms with Gasteiger partial charge in [0, 0.05) is 23.8 Å². The average molecular weight is 240 g/mol. The van der Waals surface area contributed by atoms with Gasteiger partial charge in [-0.1, -0.05) is 25.1 Å². The van der Waals surface area contributed by atoms with E-state index in [-0.39, 0.29) is 0 Å². The fraction of sp³-hybridized carbons (Fsp3) is 0.438. The number of nitrogens with two attached hydrogens (primary N) is 1. The topological polar surface area (TPSA) is 38.9 Å². The molecular formula is C16H20N2. The molecule has 0 saturated heterocycles. The molecule has 94 valence electrons. The predicted octanol–water partition coefficient (Wildman–Crippen LogP) is 3.47. The van der Waals surface area contributed by atoms with Crippen LogP contribution in [0.25, 0.3) is 10.8 Å². The predicted molar refractivity (Wildman–Crippen MR) is 75.5 cm³/mol. The summed E-state index contributed by atoms with van der Waals surface area (Å²) in [6.07, 6.45) is 7.45. The van der Waals surface area contributed by atoms with Gasteiger partial charge in [-0.05, 0) is 48.1 Å². The highest BCUT2D eigenvalue weighted by Gasteiger charge is 2.28. The Balaban J connectivity index is 2.07. The van der Waals surface area contributed by atoms with Crippen molar-refractivity contribution in [2.45, 2.75) is 38.1 Å². The van der Waals surface area contributed by atoms with E-state index in [1.807, 2.05) is 12.4 Å². The highest BCUT2D eigenvalue weighted by Crippen LogP contribution is 2.37. The third-order valence-electron chi connectivity index (χ3n) is 4.28. The van der Waals surface area contributed by atoms with Gasteiger partial charge >= 0.3 is 0 Å². The van der Waals surface area contributed by atoms with Gasteiger partial charge in [-0.25, -0.2) is 0 Å². The lowest BCUT2D eigenvalue weighted by Crippen LogP contribution is -2.34. The SMILES string of the molecule is CC1CCC(N)C(c2cccc3ccncc23)C1. The maximum Gasteiger partial charge on any atom is 0.0349 e. The molecule has 3 unspecified atom stereocenters. The van der Waals surface area contributed by atoms with E-state index in [4.69, 9.17) is 5.73 Å². The summed E-state index contributed by atoms with van der Waals surface area (Å²) in [6.45, 7) is 2.34. The second-order valence-corrected chi connectivity index (χ2v) is 5.63. The zero-order chi connectivity index (χ0) is 12.5. The monoisotopic (exact) mass is 240 g/mol. The van der Waals surface area contributed by atoms with E-state index < -0.39 is 0 Å². The number of fused-ring (bicyclic) bond motifs is 1. The molecule has 3 atom stereocenters. The zero-order valence-electron chi connectivity index (χ0n) is 10.8. The first-order valence-corrected chi connectivity index (χ1v) is 6.84. The Morgan fingerprint density at radius 3 is 3.00 bits per heavy atom. The van der Waals surface area contributed by atoms with Gasteiger partial charge in [0.05, 0.1) is 0 Å². The van der Waals surface area contributed by atoms with Crippen LogP contribution < -0.4 is 5.73 Å². The molecule has 0 amide bonds. The molecule has 2 heteroatoms. The van der Waals surface area contributed by atoms with Gasteiger partial charge in [0.2, 0.25) is 0 Å². The van der Waals surface area contributed by atoms with Crippen molar-refractivity contribution in [1.82, 2.24) is 4.98 Å². The fourth-order valence-electron chi connectivity index (χ4n) is 3.22. The van der Waals surface area contributed by atoms with Gasteiger partial charge in [-0.15, -0.1) is 0 Å². The van der Waals surface area contributed by atoms with Crippen LogP contribution in [0.3, 0.4) is 0 Å². The van der Waals surface area contributed by atoms with Gasteiger partial charge in [0.15, 0.2) is 0 Å². The lowest BCUT2D eigenvalue weighted by Gasteiger charge is -2.33. The Morgan fingerprint density at radius 1 is 1.22 bits per heavy atom. The molecular weight excluding hydrogens is 220 g/mol. The third-order valence-corrected chi connectivity index (χ3v) is 4.28. The van der Waals surface area contributed by atoms with E-state index in [9.17, 15) is 0 Å². The van der Waals surface area contributed by atoms with Crippen molar-refractivity contribution in [3.8, 4) is 0 Å². The van der Waals surface area contributed by atoms with Crippen LogP contribution in [-0.2, 0) is 0 Å². The van der Waals surface area contributed by atoms with Gasteiger partial charge in [-0.3, -0.25) is 4.98 Å². The summed E-state index contributed by atoms with van der Waals surface area (Å²) in [6, 6.07) is 8.90. The summed E-state index contributed by atoms with van der Waals surface area (Å²) in [4.78, 5) is 4.27. The number of rotatable bonds is 1. The van der Waals surface area contributed by atoms with E-state index in [0.717, 1.165) is 12.3 Å². The van der Waals surface area contributed by atoms with Crippen molar-refractivity contribution in [3.05, 3.63) is 42.2 Å². The second kappa shape index (κ2) is 4.69. The first-order valence-electron chi connectivity index (χ1n) is 6.84. The molecule has 3 rings (SSSR count). The molecule has 1 aromatic carbocycles. The van der Waals surface area contributed by atoms with E-state index in [0.29, 0.717) is 12.0 Å². The molecule has 18 heavy (non-hydrogen) atoms. The number of nitrogens with zero attached hydrogens (tertiary/aromatic N) is 1. The minimum Gasteiger partial charge on any atom is -0.327 e. The Morgan fingerprint density at radius 2 is 2.11 bits per heavy atom. The van der Waals surface area contributed by atoms with E-state index in [2.05, 4.69) is 36.2 Å². The molecule has 2 aromatic rings. The fourth-order valence-corrected chi connectivity index (χ4v) is 3.22. The number of hydrogen-bond donors (Lipinski definition) is 1. The first kappa shape index (κ1) is 11.7. The molecule has 1 fully saturated rings. The molecule has 1 aliphatic rings. The van der Waals surface area contributed by atoms with Gasteiger partial charge in [-0.2, -0.15) is 0 Å². The van der Waals surface area contributed by atoms with Crippen LogP contribution in [0.15, 0.2) is 36.7 Å². The minimum absolute atomic E-state index is 0.298. The molecule has 1 saturated carbocycles. The van der Waals surface area contributed by atoms with Gasteiger partial charge in [0.25, 0.3) is 0 Å². The molecule has 0 bridgehead atoms. The average Bonchev–Trinajstić information content (AvgIpc) is 2.41. The van der Waals surface area contributed by atoms with Crippen LogP contribution in [0.4, 0.5) is 0 Å². The standard InChI is InChI=1S/C16H20N2/c1-11-5-6-16(17)14(9-11)13-4-2-3-12-7-8-18-10-15(12)13/h2-4,7-8,10-11,14,16H,5-6,9,17H2,1H3. The minimum atomic E-state index is 0.298.